The Kier molecular flexibility index (Phi) is 4.48. The van der Waals surface area contributed by atoms with E-state index < -0.39 is 11.8 Å². The number of rotatable bonds is 3. The Hall–Kier alpha value is -2.83. The summed E-state index contributed by atoms with van der Waals surface area (Å²) >= 11 is 0. The van der Waals surface area contributed by atoms with Crippen molar-refractivity contribution in [1.29, 1.82) is 0 Å². The minimum Gasteiger partial charge on any atom is -0.485 e. The van der Waals surface area contributed by atoms with Crippen molar-refractivity contribution in [3.8, 4) is 5.75 Å². The Labute approximate surface area is 145 Å². The van der Waals surface area contributed by atoms with Crippen LogP contribution < -0.4 is 15.4 Å². The molecule has 0 fully saturated rings. The molecule has 1 aromatic heterocycles. The van der Waals surface area contributed by atoms with Gasteiger partial charge in [0.15, 0.2) is 5.76 Å². The number of carbonyl (C=O) groups excluding carboxylic acids is 2. The van der Waals surface area contributed by atoms with Gasteiger partial charge in [-0.1, -0.05) is 17.3 Å². The number of aryl methyl sites for hydroxylation is 2. The Bertz CT molecular complexity index is 810. The number of ether oxygens (including phenoxy) is 1. The first-order chi connectivity index (χ1) is 11.8. The van der Waals surface area contributed by atoms with E-state index in [1.807, 2.05) is 26.0 Å². The number of fused-ring (bicyclic) bond motifs is 1. The number of carbonyl (C=O) groups is 2. The summed E-state index contributed by atoms with van der Waals surface area (Å²) in [5.41, 5.74) is 1.93. The predicted octanol–water partition coefficient (Wildman–Crippen LogP) is 2.34. The first kappa shape index (κ1) is 17.0. The van der Waals surface area contributed by atoms with Gasteiger partial charge in [-0.15, -0.1) is 0 Å². The van der Waals surface area contributed by atoms with Crippen molar-refractivity contribution in [3.05, 3.63) is 41.3 Å². The Morgan fingerprint density at radius 1 is 1.28 bits per heavy atom. The van der Waals surface area contributed by atoms with Gasteiger partial charge in [0, 0.05) is 6.07 Å². The summed E-state index contributed by atoms with van der Waals surface area (Å²) in [6, 6.07) is 7.23. The number of nitrogens with one attached hydrogen (secondary N) is 2. The van der Waals surface area contributed by atoms with Crippen molar-refractivity contribution in [2.45, 2.75) is 45.8 Å². The number of nitrogens with zero attached hydrogens (tertiary/aromatic N) is 1. The number of hydrogen-bond acceptors (Lipinski definition) is 5. The molecular formula is C18H21N3O4. The molecule has 7 heteroatoms. The second kappa shape index (κ2) is 6.58. The first-order valence-corrected chi connectivity index (χ1v) is 8.16. The normalized spacial score (nSPS) is 15.0. The van der Waals surface area contributed by atoms with Crippen molar-refractivity contribution in [3.63, 3.8) is 0 Å². The van der Waals surface area contributed by atoms with Crippen LogP contribution in [0, 0.1) is 6.92 Å². The van der Waals surface area contributed by atoms with Crippen LogP contribution in [0.3, 0.4) is 0 Å². The maximum Gasteiger partial charge on any atom is 0.313 e. The maximum atomic E-state index is 12.2. The van der Waals surface area contributed by atoms with Crippen LogP contribution in [0.2, 0.25) is 0 Å². The van der Waals surface area contributed by atoms with E-state index in [1.165, 1.54) is 0 Å². The average molecular weight is 343 g/mol. The molecule has 0 saturated heterocycles. The monoisotopic (exact) mass is 343 g/mol. The summed E-state index contributed by atoms with van der Waals surface area (Å²) < 4.78 is 11.0. The Balaban J connectivity index is 1.66. The summed E-state index contributed by atoms with van der Waals surface area (Å²) in [5, 5.41) is 8.86. The topological polar surface area (TPSA) is 93.5 Å². The number of amides is 2. The molecule has 2 aromatic rings. The van der Waals surface area contributed by atoms with E-state index in [2.05, 4.69) is 15.8 Å². The summed E-state index contributed by atoms with van der Waals surface area (Å²) in [6.45, 7) is 5.88. The van der Waals surface area contributed by atoms with Gasteiger partial charge in [0.2, 0.25) is 0 Å². The van der Waals surface area contributed by atoms with Gasteiger partial charge in [0.25, 0.3) is 0 Å². The molecule has 0 saturated carbocycles. The van der Waals surface area contributed by atoms with Crippen LogP contribution in [0.25, 0.3) is 0 Å². The number of para-hydroxylation sites is 1. The van der Waals surface area contributed by atoms with Crippen LogP contribution in [-0.2, 0) is 22.6 Å². The highest BCUT2D eigenvalue weighted by Gasteiger charge is 2.29. The van der Waals surface area contributed by atoms with Crippen molar-refractivity contribution in [1.82, 2.24) is 10.5 Å². The van der Waals surface area contributed by atoms with E-state index in [1.54, 1.807) is 19.1 Å². The van der Waals surface area contributed by atoms with Crippen LogP contribution in [0.1, 0.15) is 37.3 Å². The van der Waals surface area contributed by atoms with Crippen LogP contribution in [0.4, 0.5) is 5.69 Å². The highest BCUT2D eigenvalue weighted by molar-refractivity contribution is 6.39. The number of benzene rings is 1. The van der Waals surface area contributed by atoms with Crippen molar-refractivity contribution >= 4 is 17.5 Å². The lowest BCUT2D eigenvalue weighted by Crippen LogP contribution is -2.36. The third-order valence-electron chi connectivity index (χ3n) is 4.03. The van der Waals surface area contributed by atoms with E-state index >= 15 is 0 Å². The molecule has 1 aliphatic rings. The molecular weight excluding hydrogens is 322 g/mol. The summed E-state index contributed by atoms with van der Waals surface area (Å²) in [5.74, 6) is -0.384. The van der Waals surface area contributed by atoms with Gasteiger partial charge in [-0.3, -0.25) is 9.59 Å². The fourth-order valence-electron chi connectivity index (χ4n) is 2.69. The first-order valence-electron chi connectivity index (χ1n) is 8.16. The molecule has 0 bridgehead atoms. The second-order valence-electron chi connectivity index (χ2n) is 6.73. The largest absolute Gasteiger partial charge is 0.485 e. The molecule has 1 aliphatic heterocycles. The van der Waals surface area contributed by atoms with Gasteiger partial charge in [0.1, 0.15) is 11.4 Å². The van der Waals surface area contributed by atoms with Gasteiger partial charge in [-0.2, -0.15) is 0 Å². The molecule has 0 spiro atoms. The predicted molar refractivity (Wildman–Crippen MR) is 91.2 cm³/mol. The molecule has 25 heavy (non-hydrogen) atoms. The molecule has 0 aliphatic carbocycles. The Morgan fingerprint density at radius 3 is 2.80 bits per heavy atom. The lowest BCUT2D eigenvalue weighted by atomic mass is 9.94. The van der Waals surface area contributed by atoms with Gasteiger partial charge in [0.05, 0.1) is 17.9 Å². The zero-order valence-electron chi connectivity index (χ0n) is 14.5. The average Bonchev–Trinajstić information content (AvgIpc) is 2.98. The maximum absolute atomic E-state index is 12.2. The molecule has 2 amide bonds. The standard InChI is InChI=1S/C18H21N3O4/c1-11-9-13(25-21-11)10-19-16(22)17(23)20-14-6-4-5-12-7-8-18(2,3)24-15(12)14/h4-6,9H,7-8,10H2,1-3H3,(H,19,22)(H,20,23). The van der Waals surface area contributed by atoms with Crippen molar-refractivity contribution in [2.75, 3.05) is 5.32 Å². The minimum absolute atomic E-state index is 0.101. The lowest BCUT2D eigenvalue weighted by Gasteiger charge is -2.33. The van der Waals surface area contributed by atoms with Gasteiger partial charge in [-0.05, 0) is 45.2 Å². The van der Waals surface area contributed by atoms with Crippen LogP contribution >= 0.6 is 0 Å². The highest BCUT2D eigenvalue weighted by Crippen LogP contribution is 2.38. The third kappa shape index (κ3) is 3.99. The number of hydrogen-bond donors (Lipinski definition) is 2. The summed E-state index contributed by atoms with van der Waals surface area (Å²) in [7, 11) is 0. The third-order valence-corrected chi connectivity index (χ3v) is 4.03. The van der Waals surface area contributed by atoms with Gasteiger partial charge >= 0.3 is 11.8 Å². The van der Waals surface area contributed by atoms with E-state index in [-0.39, 0.29) is 12.1 Å². The molecule has 7 nitrogen and oxygen atoms in total. The van der Waals surface area contributed by atoms with E-state index in [0.29, 0.717) is 22.9 Å². The number of aromatic nitrogens is 1. The SMILES string of the molecule is Cc1cc(CNC(=O)C(=O)Nc2cccc3c2OC(C)(C)CC3)on1. The van der Waals surface area contributed by atoms with Crippen LogP contribution in [-0.4, -0.2) is 22.6 Å². The van der Waals surface area contributed by atoms with E-state index in [0.717, 1.165) is 18.4 Å². The second-order valence-corrected chi connectivity index (χ2v) is 6.73. The summed E-state index contributed by atoms with van der Waals surface area (Å²) in [4.78, 5) is 24.2. The van der Waals surface area contributed by atoms with Crippen molar-refractivity contribution < 1.29 is 18.8 Å². The van der Waals surface area contributed by atoms with Crippen molar-refractivity contribution in [2.24, 2.45) is 0 Å². The molecule has 1 aromatic carbocycles. The minimum atomic E-state index is -0.753. The molecule has 2 heterocycles. The molecule has 0 radical (unpaired) electrons. The zero-order chi connectivity index (χ0) is 18.0. The molecule has 132 valence electrons. The summed E-state index contributed by atoms with van der Waals surface area (Å²) in [6.07, 6.45) is 1.76. The van der Waals surface area contributed by atoms with Gasteiger partial charge in [-0.25, -0.2) is 0 Å². The quantitative estimate of drug-likeness (QED) is 0.835. The fraction of sp³-hybridized carbons (Fsp3) is 0.389. The van der Waals surface area contributed by atoms with Crippen LogP contribution in [0.5, 0.6) is 5.75 Å². The molecule has 0 atom stereocenters. The van der Waals surface area contributed by atoms with Crippen LogP contribution in [0.15, 0.2) is 28.8 Å². The highest BCUT2D eigenvalue weighted by atomic mass is 16.5. The van der Waals surface area contributed by atoms with Gasteiger partial charge < -0.3 is 19.9 Å². The van der Waals surface area contributed by atoms with E-state index in [4.69, 9.17) is 9.26 Å². The van der Waals surface area contributed by atoms with E-state index in [9.17, 15) is 9.59 Å². The fourth-order valence-corrected chi connectivity index (χ4v) is 2.69. The smallest absolute Gasteiger partial charge is 0.313 e. The molecule has 2 N–H and O–H groups in total. The zero-order valence-corrected chi connectivity index (χ0v) is 14.5. The Morgan fingerprint density at radius 2 is 2.08 bits per heavy atom. The molecule has 3 rings (SSSR count). The molecule has 0 unspecified atom stereocenters. The lowest BCUT2D eigenvalue weighted by molar-refractivity contribution is -0.136. The number of anilines is 1.